The van der Waals surface area contributed by atoms with E-state index < -0.39 is 0 Å². The van der Waals surface area contributed by atoms with Gasteiger partial charge in [-0.3, -0.25) is 4.79 Å². The van der Waals surface area contributed by atoms with Crippen LogP contribution >= 0.6 is 11.8 Å². The van der Waals surface area contributed by atoms with Gasteiger partial charge in [0.25, 0.3) is 0 Å². The maximum absolute atomic E-state index is 12.2. The van der Waals surface area contributed by atoms with Gasteiger partial charge >= 0.3 is 0 Å². The van der Waals surface area contributed by atoms with Gasteiger partial charge in [0.05, 0.1) is 5.75 Å². The maximum atomic E-state index is 12.2. The largest absolute Gasteiger partial charge is 0.372 e. The Morgan fingerprint density at radius 2 is 1.74 bits per heavy atom. The number of nitrogens with zero attached hydrogens (tertiary/aromatic N) is 2. The number of benzene rings is 2. The van der Waals surface area contributed by atoms with Gasteiger partial charge < -0.3 is 15.1 Å². The predicted molar refractivity (Wildman–Crippen MR) is 116 cm³/mol. The smallest absolute Gasteiger partial charge is 0.234 e. The molecule has 2 aromatic carbocycles. The first-order valence-corrected chi connectivity index (χ1v) is 10.6. The molecule has 0 aromatic heterocycles. The number of hydrogen-bond donors (Lipinski definition) is 1. The lowest BCUT2D eigenvalue weighted by Crippen LogP contribution is -2.37. The summed E-state index contributed by atoms with van der Waals surface area (Å²) in [7, 11) is 4.30. The molecule has 1 amide bonds. The number of carbonyl (C=O) groups excluding carboxylic acids is 1. The Labute approximate surface area is 166 Å². The molecule has 1 aliphatic heterocycles. The summed E-state index contributed by atoms with van der Waals surface area (Å²) in [5, 5.41) is 2.99. The van der Waals surface area contributed by atoms with Crippen LogP contribution in [0.25, 0.3) is 0 Å². The summed E-state index contributed by atoms with van der Waals surface area (Å²) in [5.74, 6) is 1.25. The van der Waals surface area contributed by atoms with Crippen molar-refractivity contribution in [3.05, 3.63) is 54.6 Å². The Balaban J connectivity index is 1.45. The second-order valence-electron chi connectivity index (χ2n) is 7.39. The molecule has 5 heteroatoms. The van der Waals surface area contributed by atoms with E-state index in [-0.39, 0.29) is 5.91 Å². The Kier molecular flexibility index (Phi) is 7.18. The van der Waals surface area contributed by atoms with E-state index >= 15 is 0 Å². The molecule has 0 aliphatic carbocycles. The van der Waals surface area contributed by atoms with Crippen molar-refractivity contribution in [3.63, 3.8) is 0 Å². The first kappa shape index (κ1) is 19.8. The van der Waals surface area contributed by atoms with Gasteiger partial charge in [0.1, 0.15) is 0 Å². The van der Waals surface area contributed by atoms with E-state index in [4.69, 9.17) is 0 Å². The van der Waals surface area contributed by atoms with Crippen LogP contribution in [0.3, 0.4) is 0 Å². The molecule has 0 atom stereocenters. The molecule has 1 saturated heterocycles. The quantitative estimate of drug-likeness (QED) is 0.727. The Bertz CT molecular complexity index is 710. The molecule has 4 nitrogen and oxygen atoms in total. The van der Waals surface area contributed by atoms with Gasteiger partial charge in [-0.1, -0.05) is 18.2 Å². The number of thioether (sulfide) groups is 1. The lowest BCUT2D eigenvalue weighted by atomic mass is 9.96. The Morgan fingerprint density at radius 3 is 2.37 bits per heavy atom. The number of hydrogen-bond acceptors (Lipinski definition) is 4. The molecule has 0 spiro atoms. The molecular weight excluding hydrogens is 354 g/mol. The zero-order chi connectivity index (χ0) is 19.1. The first-order valence-electron chi connectivity index (χ1n) is 9.57. The highest BCUT2D eigenvalue weighted by Crippen LogP contribution is 2.25. The van der Waals surface area contributed by atoms with Crippen molar-refractivity contribution in [2.75, 3.05) is 49.7 Å². The van der Waals surface area contributed by atoms with Crippen LogP contribution in [0.15, 0.2) is 59.5 Å². The molecule has 1 N–H and O–H groups in total. The van der Waals surface area contributed by atoms with E-state index in [1.54, 1.807) is 11.8 Å². The molecule has 1 fully saturated rings. The molecule has 144 valence electrons. The highest BCUT2D eigenvalue weighted by molar-refractivity contribution is 8.00. The van der Waals surface area contributed by atoms with Crippen LogP contribution in [0.1, 0.15) is 12.8 Å². The van der Waals surface area contributed by atoms with E-state index in [9.17, 15) is 4.79 Å². The zero-order valence-electron chi connectivity index (χ0n) is 16.2. The van der Waals surface area contributed by atoms with Crippen molar-refractivity contribution in [3.8, 4) is 0 Å². The van der Waals surface area contributed by atoms with Crippen molar-refractivity contribution in [1.29, 1.82) is 0 Å². The van der Waals surface area contributed by atoms with Gasteiger partial charge in [0.15, 0.2) is 0 Å². The fourth-order valence-electron chi connectivity index (χ4n) is 3.51. The van der Waals surface area contributed by atoms with Crippen LogP contribution in [0, 0.1) is 5.92 Å². The van der Waals surface area contributed by atoms with Gasteiger partial charge in [-0.05, 0) is 69.3 Å². The number of carbonyl (C=O) groups is 1. The third-order valence-electron chi connectivity index (χ3n) is 4.87. The highest BCUT2D eigenvalue weighted by atomic mass is 32.2. The van der Waals surface area contributed by atoms with Crippen LogP contribution < -0.4 is 10.2 Å². The van der Waals surface area contributed by atoms with Crippen LogP contribution in [-0.4, -0.2) is 50.3 Å². The molecule has 0 radical (unpaired) electrons. The average molecular weight is 384 g/mol. The first-order chi connectivity index (χ1) is 13.1. The Morgan fingerprint density at radius 1 is 1.07 bits per heavy atom. The molecule has 1 heterocycles. The molecule has 0 saturated carbocycles. The second kappa shape index (κ2) is 9.81. The van der Waals surface area contributed by atoms with E-state index in [2.05, 4.69) is 41.3 Å². The average Bonchev–Trinajstić information content (AvgIpc) is 2.68. The molecule has 1 aliphatic rings. The number of nitrogens with one attached hydrogen (secondary N) is 1. The van der Waals surface area contributed by atoms with Crippen LogP contribution in [0.4, 0.5) is 11.4 Å². The number of piperidine rings is 1. The third-order valence-corrected chi connectivity index (χ3v) is 5.88. The lowest BCUT2D eigenvalue weighted by molar-refractivity contribution is -0.113. The van der Waals surface area contributed by atoms with Crippen molar-refractivity contribution < 1.29 is 4.79 Å². The molecule has 2 aromatic rings. The normalized spacial score (nSPS) is 15.1. The highest BCUT2D eigenvalue weighted by Gasteiger charge is 2.19. The monoisotopic (exact) mass is 383 g/mol. The van der Waals surface area contributed by atoms with Gasteiger partial charge in [-0.15, -0.1) is 11.8 Å². The minimum atomic E-state index is 0.0288. The fraction of sp³-hybridized carbons (Fsp3) is 0.409. The zero-order valence-corrected chi connectivity index (χ0v) is 17.0. The van der Waals surface area contributed by atoms with E-state index in [0.717, 1.165) is 29.6 Å². The number of anilines is 2. The standard InChI is InChI=1S/C22H29N3OS/c1-24(2)16-18-12-14-25(15-13-18)20-10-8-19(9-11-20)23-22(26)17-27-21-6-4-3-5-7-21/h3-11,18H,12-17H2,1-2H3,(H,23,26). The summed E-state index contributed by atoms with van der Waals surface area (Å²) >= 11 is 1.55. The van der Waals surface area contributed by atoms with Crippen molar-refractivity contribution in [1.82, 2.24) is 4.90 Å². The summed E-state index contributed by atoms with van der Waals surface area (Å²) in [6, 6.07) is 18.3. The van der Waals surface area contributed by atoms with Gasteiger partial charge in [0, 0.05) is 35.9 Å². The van der Waals surface area contributed by atoms with Crippen molar-refractivity contribution in [2.45, 2.75) is 17.7 Å². The summed E-state index contributed by atoms with van der Waals surface area (Å²) in [6.45, 7) is 3.40. The molecule has 0 unspecified atom stereocenters. The summed E-state index contributed by atoms with van der Waals surface area (Å²) in [5.41, 5.74) is 2.11. The predicted octanol–water partition coefficient (Wildman–Crippen LogP) is 4.20. The van der Waals surface area contributed by atoms with E-state index in [1.807, 2.05) is 42.5 Å². The van der Waals surface area contributed by atoms with Crippen molar-refractivity contribution >= 4 is 29.0 Å². The summed E-state index contributed by atoms with van der Waals surface area (Å²) in [6.07, 6.45) is 2.49. The summed E-state index contributed by atoms with van der Waals surface area (Å²) < 4.78 is 0. The van der Waals surface area contributed by atoms with Crippen LogP contribution in [0.2, 0.25) is 0 Å². The topological polar surface area (TPSA) is 35.6 Å². The van der Waals surface area contributed by atoms with E-state index in [0.29, 0.717) is 5.75 Å². The van der Waals surface area contributed by atoms with Gasteiger partial charge in [0.2, 0.25) is 5.91 Å². The third kappa shape index (κ3) is 6.29. The molecule has 27 heavy (non-hydrogen) atoms. The molecule has 3 rings (SSSR count). The fourth-order valence-corrected chi connectivity index (χ4v) is 4.23. The number of amides is 1. The summed E-state index contributed by atoms with van der Waals surface area (Å²) in [4.78, 5) is 18.0. The van der Waals surface area contributed by atoms with Gasteiger partial charge in [-0.2, -0.15) is 0 Å². The maximum Gasteiger partial charge on any atom is 0.234 e. The lowest BCUT2D eigenvalue weighted by Gasteiger charge is -2.34. The SMILES string of the molecule is CN(C)CC1CCN(c2ccc(NC(=O)CSc3ccccc3)cc2)CC1. The molecule has 0 bridgehead atoms. The van der Waals surface area contributed by atoms with Crippen LogP contribution in [0.5, 0.6) is 0 Å². The van der Waals surface area contributed by atoms with E-state index in [1.165, 1.54) is 25.1 Å². The number of rotatable bonds is 7. The minimum absolute atomic E-state index is 0.0288. The van der Waals surface area contributed by atoms with Crippen molar-refractivity contribution in [2.24, 2.45) is 5.92 Å². The molecular formula is C22H29N3OS. The second-order valence-corrected chi connectivity index (χ2v) is 8.44. The Hall–Kier alpha value is -1.98. The van der Waals surface area contributed by atoms with Gasteiger partial charge in [-0.25, -0.2) is 0 Å². The van der Waals surface area contributed by atoms with Crippen LogP contribution in [-0.2, 0) is 4.79 Å². The minimum Gasteiger partial charge on any atom is -0.372 e.